The zero-order valence-corrected chi connectivity index (χ0v) is 14.2. The highest BCUT2D eigenvalue weighted by Gasteiger charge is 2.17. The SMILES string of the molecule is CCS(=O)(=O)CCCC(NN)c1cc2cccc(Br)c2o1. The van der Waals surface area contributed by atoms with Gasteiger partial charge in [-0.25, -0.2) is 13.8 Å². The number of hydrazine groups is 1. The van der Waals surface area contributed by atoms with Crippen molar-refractivity contribution >= 4 is 36.7 Å². The van der Waals surface area contributed by atoms with Crippen LogP contribution in [0.3, 0.4) is 0 Å². The summed E-state index contributed by atoms with van der Waals surface area (Å²) in [6, 6.07) is 7.54. The molecule has 21 heavy (non-hydrogen) atoms. The fourth-order valence-electron chi connectivity index (χ4n) is 2.18. The van der Waals surface area contributed by atoms with Crippen molar-refractivity contribution in [2.45, 2.75) is 25.8 Å². The Morgan fingerprint density at radius 1 is 1.43 bits per heavy atom. The van der Waals surface area contributed by atoms with Crippen molar-refractivity contribution in [2.75, 3.05) is 11.5 Å². The lowest BCUT2D eigenvalue weighted by Gasteiger charge is -2.12. The molecule has 1 aromatic carbocycles. The Hall–Kier alpha value is -0.890. The lowest BCUT2D eigenvalue weighted by Crippen LogP contribution is -2.28. The lowest BCUT2D eigenvalue weighted by molar-refractivity contribution is 0.413. The van der Waals surface area contributed by atoms with Crippen molar-refractivity contribution in [1.29, 1.82) is 0 Å². The van der Waals surface area contributed by atoms with E-state index in [1.54, 1.807) is 6.92 Å². The Labute approximate surface area is 132 Å². The van der Waals surface area contributed by atoms with Gasteiger partial charge in [0.2, 0.25) is 0 Å². The number of halogens is 1. The van der Waals surface area contributed by atoms with Crippen LogP contribution in [0.2, 0.25) is 0 Å². The second kappa shape index (κ2) is 6.91. The molecule has 1 aromatic heterocycles. The first-order chi connectivity index (χ1) is 9.96. The van der Waals surface area contributed by atoms with Crippen molar-refractivity contribution in [3.8, 4) is 0 Å². The molecule has 0 aliphatic heterocycles. The highest BCUT2D eigenvalue weighted by Crippen LogP contribution is 2.30. The van der Waals surface area contributed by atoms with Gasteiger partial charge in [-0.3, -0.25) is 5.84 Å². The number of rotatable bonds is 7. The number of nitrogens with two attached hydrogens (primary N) is 1. The Morgan fingerprint density at radius 3 is 2.81 bits per heavy atom. The number of sulfone groups is 1. The Kier molecular flexibility index (Phi) is 5.43. The largest absolute Gasteiger partial charge is 0.458 e. The van der Waals surface area contributed by atoms with Gasteiger partial charge in [0.25, 0.3) is 0 Å². The molecule has 0 amide bonds. The van der Waals surface area contributed by atoms with E-state index in [9.17, 15) is 8.42 Å². The van der Waals surface area contributed by atoms with Crippen LogP contribution in [-0.2, 0) is 9.84 Å². The summed E-state index contributed by atoms with van der Waals surface area (Å²) < 4.78 is 29.7. The molecule has 2 rings (SSSR count). The van der Waals surface area contributed by atoms with Crippen molar-refractivity contribution in [2.24, 2.45) is 5.84 Å². The minimum Gasteiger partial charge on any atom is -0.458 e. The number of nitrogens with one attached hydrogen (secondary N) is 1. The van der Waals surface area contributed by atoms with Crippen LogP contribution < -0.4 is 11.3 Å². The van der Waals surface area contributed by atoms with Gasteiger partial charge in [-0.1, -0.05) is 19.1 Å². The molecule has 0 saturated heterocycles. The summed E-state index contributed by atoms with van der Waals surface area (Å²) in [7, 11) is -2.94. The lowest BCUT2D eigenvalue weighted by atomic mass is 10.1. The van der Waals surface area contributed by atoms with E-state index < -0.39 is 9.84 Å². The van der Waals surface area contributed by atoms with Crippen LogP contribution in [0.25, 0.3) is 11.0 Å². The number of hydrogen-bond donors (Lipinski definition) is 2. The van der Waals surface area contributed by atoms with Crippen molar-refractivity contribution in [3.63, 3.8) is 0 Å². The molecule has 0 bridgehead atoms. The molecule has 7 heteroatoms. The van der Waals surface area contributed by atoms with E-state index in [4.69, 9.17) is 10.3 Å². The average molecular weight is 375 g/mol. The second-order valence-corrected chi connectivity index (χ2v) is 8.23. The molecule has 0 radical (unpaired) electrons. The summed E-state index contributed by atoms with van der Waals surface area (Å²) in [6.07, 6.45) is 1.15. The number of fused-ring (bicyclic) bond motifs is 1. The first-order valence-corrected chi connectivity index (χ1v) is 9.43. The zero-order chi connectivity index (χ0) is 15.5. The molecule has 0 fully saturated rings. The van der Waals surface area contributed by atoms with Crippen molar-refractivity contribution < 1.29 is 12.8 Å². The van der Waals surface area contributed by atoms with E-state index in [2.05, 4.69) is 21.4 Å². The highest BCUT2D eigenvalue weighted by molar-refractivity contribution is 9.10. The summed E-state index contributed by atoms with van der Waals surface area (Å²) in [5.74, 6) is 6.64. The molecule has 1 unspecified atom stereocenters. The summed E-state index contributed by atoms with van der Waals surface area (Å²) in [6.45, 7) is 1.66. The standard InChI is InChI=1S/C14H19BrN2O3S/c1-2-21(18,19)8-4-7-12(17-16)13-9-10-5-3-6-11(15)14(10)20-13/h3,5-6,9,12,17H,2,4,7-8,16H2,1H3. The minimum absolute atomic E-state index is 0.172. The smallest absolute Gasteiger partial charge is 0.150 e. The van der Waals surface area contributed by atoms with Crippen LogP contribution in [0.4, 0.5) is 0 Å². The normalized spacial score (nSPS) is 13.7. The molecule has 3 N–H and O–H groups in total. The minimum atomic E-state index is -2.94. The Morgan fingerprint density at radius 2 is 2.19 bits per heavy atom. The topological polar surface area (TPSA) is 85.3 Å². The molecule has 2 aromatic rings. The maximum atomic E-state index is 11.5. The molecule has 0 saturated carbocycles. The van der Waals surface area contributed by atoms with Gasteiger partial charge in [0, 0.05) is 11.1 Å². The number of hydrogen-bond acceptors (Lipinski definition) is 5. The van der Waals surface area contributed by atoms with E-state index in [1.165, 1.54) is 0 Å². The van der Waals surface area contributed by atoms with Gasteiger partial charge in [-0.05, 0) is 40.9 Å². The zero-order valence-electron chi connectivity index (χ0n) is 11.8. The van der Waals surface area contributed by atoms with E-state index in [-0.39, 0.29) is 17.5 Å². The number of furan rings is 1. The first-order valence-electron chi connectivity index (χ1n) is 6.81. The van der Waals surface area contributed by atoms with E-state index >= 15 is 0 Å². The van der Waals surface area contributed by atoms with E-state index in [0.29, 0.717) is 18.6 Å². The Balaban J connectivity index is 2.11. The van der Waals surface area contributed by atoms with Gasteiger partial charge in [0.1, 0.15) is 21.2 Å². The number of para-hydroxylation sites is 1. The van der Waals surface area contributed by atoms with Gasteiger partial charge in [0.15, 0.2) is 0 Å². The summed E-state index contributed by atoms with van der Waals surface area (Å²) in [5, 5.41) is 0.987. The van der Waals surface area contributed by atoms with Gasteiger partial charge in [-0.2, -0.15) is 0 Å². The van der Waals surface area contributed by atoms with Gasteiger partial charge in [-0.15, -0.1) is 0 Å². The third-order valence-corrected chi connectivity index (χ3v) is 5.86. The van der Waals surface area contributed by atoms with Crippen LogP contribution in [0.15, 0.2) is 33.2 Å². The summed E-state index contributed by atoms with van der Waals surface area (Å²) >= 11 is 3.44. The van der Waals surface area contributed by atoms with Crippen LogP contribution in [-0.4, -0.2) is 19.9 Å². The van der Waals surface area contributed by atoms with Crippen molar-refractivity contribution in [1.82, 2.24) is 5.43 Å². The Bertz CT molecular complexity index is 712. The predicted octanol–water partition coefficient (Wildman–Crippen LogP) is 2.91. The molecular formula is C14H19BrN2O3S. The summed E-state index contributed by atoms with van der Waals surface area (Å²) in [5.41, 5.74) is 3.47. The van der Waals surface area contributed by atoms with Crippen LogP contribution in [0, 0.1) is 0 Å². The quantitative estimate of drug-likeness (QED) is 0.574. The van der Waals surface area contributed by atoms with Gasteiger partial charge < -0.3 is 4.42 Å². The molecule has 1 atom stereocenters. The monoisotopic (exact) mass is 374 g/mol. The van der Waals surface area contributed by atoms with Crippen LogP contribution in [0.5, 0.6) is 0 Å². The first kappa shape index (κ1) is 16.5. The maximum Gasteiger partial charge on any atom is 0.150 e. The highest BCUT2D eigenvalue weighted by atomic mass is 79.9. The third kappa shape index (κ3) is 4.06. The van der Waals surface area contributed by atoms with Crippen LogP contribution >= 0.6 is 15.9 Å². The number of benzene rings is 1. The summed E-state index contributed by atoms with van der Waals surface area (Å²) in [4.78, 5) is 0. The predicted molar refractivity (Wildman–Crippen MR) is 87.5 cm³/mol. The molecular weight excluding hydrogens is 356 g/mol. The molecule has 0 spiro atoms. The van der Waals surface area contributed by atoms with Crippen molar-refractivity contribution in [3.05, 3.63) is 34.5 Å². The van der Waals surface area contributed by atoms with E-state index in [1.807, 2.05) is 24.3 Å². The molecule has 5 nitrogen and oxygen atoms in total. The second-order valence-electron chi connectivity index (χ2n) is 4.90. The molecule has 1 heterocycles. The fourth-order valence-corrected chi connectivity index (χ4v) is 3.54. The van der Waals surface area contributed by atoms with E-state index in [0.717, 1.165) is 15.4 Å². The van der Waals surface area contributed by atoms with Gasteiger partial charge >= 0.3 is 0 Å². The van der Waals surface area contributed by atoms with Crippen LogP contribution in [0.1, 0.15) is 31.6 Å². The average Bonchev–Trinajstić information content (AvgIpc) is 2.89. The molecule has 0 aliphatic carbocycles. The molecule has 116 valence electrons. The van der Waals surface area contributed by atoms with Gasteiger partial charge in [0.05, 0.1) is 16.3 Å². The fraction of sp³-hybridized carbons (Fsp3) is 0.429. The molecule has 0 aliphatic rings. The third-order valence-electron chi connectivity index (χ3n) is 3.45. The maximum absolute atomic E-state index is 11.5.